The fraction of sp³-hybridized carbons (Fsp3) is 0.962. The molecule has 30 heavy (non-hydrogen) atoms. The topological polar surface area (TPSA) is 46.5 Å². The van der Waals surface area contributed by atoms with Gasteiger partial charge in [0, 0.05) is 0 Å². The minimum atomic E-state index is -0.602. The van der Waals surface area contributed by atoms with Crippen LogP contribution < -0.4 is 0 Å². The summed E-state index contributed by atoms with van der Waals surface area (Å²) in [6.07, 6.45) is 9.25. The zero-order chi connectivity index (χ0) is 22.3. The quantitative estimate of drug-likeness (QED) is 0.489. The van der Waals surface area contributed by atoms with Crippen molar-refractivity contribution < 1.29 is 19.1 Å². The Hall–Kier alpha value is -0.610. The molecule has 0 bridgehead atoms. The Morgan fingerprint density at radius 1 is 1.10 bits per heavy atom. The largest absolute Gasteiger partial charge is 0.462 e. The van der Waals surface area contributed by atoms with Gasteiger partial charge >= 0.3 is 5.97 Å². The Bertz CT molecular complexity index is 612. The first kappa shape index (κ1) is 24.0. The highest BCUT2D eigenvalue weighted by atomic mass is 16.5. The smallest absolute Gasteiger partial charge is 0.312 e. The predicted octanol–water partition coefficient (Wildman–Crippen LogP) is 4.89. The van der Waals surface area contributed by atoms with Crippen LogP contribution >= 0.6 is 0 Å². The van der Waals surface area contributed by atoms with E-state index in [1.165, 1.54) is 32.1 Å². The number of quaternary nitrogens is 1. The maximum atomic E-state index is 13.4. The molecule has 0 aromatic carbocycles. The Morgan fingerprint density at radius 3 is 2.43 bits per heavy atom. The van der Waals surface area contributed by atoms with Crippen molar-refractivity contribution in [1.82, 2.24) is 0 Å². The molecule has 7 atom stereocenters. The van der Waals surface area contributed by atoms with Crippen LogP contribution in [0, 0.1) is 40.4 Å². The first-order chi connectivity index (χ1) is 13.9. The Balaban J connectivity index is 1.70. The predicted molar refractivity (Wildman–Crippen MR) is 122 cm³/mol. The van der Waals surface area contributed by atoms with Gasteiger partial charge in [0.05, 0.1) is 26.6 Å². The zero-order valence-corrected chi connectivity index (χ0v) is 20.7. The maximum Gasteiger partial charge on any atom is 0.312 e. The average Bonchev–Trinajstić information content (AvgIpc) is 2.64. The summed E-state index contributed by atoms with van der Waals surface area (Å²) in [7, 11) is 6.14. The van der Waals surface area contributed by atoms with Gasteiger partial charge in [0.2, 0.25) is 0 Å². The highest BCUT2D eigenvalue weighted by Gasteiger charge is 2.59. The highest BCUT2D eigenvalue weighted by molar-refractivity contribution is 5.77. The van der Waals surface area contributed by atoms with E-state index in [4.69, 9.17) is 4.74 Å². The van der Waals surface area contributed by atoms with E-state index in [2.05, 4.69) is 27.7 Å². The average molecular weight is 423 g/mol. The molecule has 0 aliphatic heterocycles. The van der Waals surface area contributed by atoms with Crippen LogP contribution in [0.2, 0.25) is 0 Å². The number of esters is 1. The molecule has 3 aliphatic carbocycles. The molecule has 4 nitrogen and oxygen atoms in total. The van der Waals surface area contributed by atoms with Crippen molar-refractivity contribution in [3.05, 3.63) is 0 Å². The highest BCUT2D eigenvalue weighted by Crippen LogP contribution is 2.64. The second-order valence-electron chi connectivity index (χ2n) is 12.8. The maximum absolute atomic E-state index is 13.4. The molecular formula is C26H48NO3+. The van der Waals surface area contributed by atoms with E-state index in [9.17, 15) is 9.90 Å². The summed E-state index contributed by atoms with van der Waals surface area (Å²) in [4.78, 5) is 13.4. The second-order valence-corrected chi connectivity index (χ2v) is 12.8. The third kappa shape index (κ3) is 4.75. The van der Waals surface area contributed by atoms with E-state index in [1.54, 1.807) is 0 Å². The summed E-state index contributed by atoms with van der Waals surface area (Å²) >= 11 is 0. The van der Waals surface area contributed by atoms with Gasteiger partial charge in [0.1, 0.15) is 19.3 Å². The van der Waals surface area contributed by atoms with E-state index in [0.717, 1.165) is 42.9 Å². The van der Waals surface area contributed by atoms with Crippen molar-refractivity contribution in [3.8, 4) is 0 Å². The van der Waals surface area contributed by atoms with Gasteiger partial charge in [0.15, 0.2) is 0 Å². The molecule has 0 spiro atoms. The van der Waals surface area contributed by atoms with Crippen molar-refractivity contribution in [3.63, 3.8) is 0 Å². The minimum absolute atomic E-state index is 0.0619. The van der Waals surface area contributed by atoms with E-state index in [0.29, 0.717) is 16.9 Å². The third-order valence-corrected chi connectivity index (χ3v) is 9.25. The summed E-state index contributed by atoms with van der Waals surface area (Å²) in [6.45, 7) is 10.2. The van der Waals surface area contributed by atoms with Gasteiger partial charge in [-0.15, -0.1) is 0 Å². The van der Waals surface area contributed by atoms with Gasteiger partial charge < -0.3 is 14.3 Å². The molecule has 174 valence electrons. The summed E-state index contributed by atoms with van der Waals surface area (Å²) in [5.74, 6) is 3.64. The lowest BCUT2D eigenvalue weighted by atomic mass is 9.43. The van der Waals surface area contributed by atoms with Crippen LogP contribution in [0.15, 0.2) is 0 Å². The number of carbonyl (C=O) groups is 1. The van der Waals surface area contributed by atoms with E-state index in [1.807, 2.05) is 21.1 Å². The first-order valence-electron chi connectivity index (χ1n) is 12.5. The molecule has 0 radical (unpaired) electrons. The van der Waals surface area contributed by atoms with Crippen LogP contribution in [0.1, 0.15) is 79.1 Å². The summed E-state index contributed by atoms with van der Waals surface area (Å²) in [6, 6.07) is 0. The normalized spacial score (nSPS) is 40.4. The van der Waals surface area contributed by atoms with Crippen molar-refractivity contribution in [2.75, 3.05) is 34.3 Å². The summed E-state index contributed by atoms with van der Waals surface area (Å²) in [5.41, 5.74) is -0.138. The van der Waals surface area contributed by atoms with Crippen LogP contribution in [0.5, 0.6) is 0 Å². The summed E-state index contributed by atoms with van der Waals surface area (Å²) in [5, 5.41) is 10.3. The molecular weight excluding hydrogens is 374 g/mol. The molecule has 3 aliphatic rings. The number of nitrogens with zero attached hydrogens (tertiary/aromatic N) is 1. The minimum Gasteiger partial charge on any atom is -0.462 e. The van der Waals surface area contributed by atoms with Crippen LogP contribution in [0.3, 0.4) is 0 Å². The van der Waals surface area contributed by atoms with Gasteiger partial charge in [-0.3, -0.25) is 4.79 Å². The van der Waals surface area contributed by atoms with Crippen LogP contribution in [0.25, 0.3) is 0 Å². The molecule has 1 N–H and O–H groups in total. The van der Waals surface area contributed by atoms with Crippen molar-refractivity contribution in [2.45, 2.75) is 85.2 Å². The number of rotatable bonds is 6. The van der Waals surface area contributed by atoms with E-state index >= 15 is 0 Å². The second kappa shape index (κ2) is 8.73. The number of likely N-dealkylation sites (N-methyl/N-ethyl adjacent to an activating group) is 1. The van der Waals surface area contributed by atoms with Crippen LogP contribution in [0.4, 0.5) is 0 Å². The lowest BCUT2D eigenvalue weighted by Gasteiger charge is -2.61. The fourth-order valence-corrected chi connectivity index (χ4v) is 7.74. The van der Waals surface area contributed by atoms with Gasteiger partial charge in [0.25, 0.3) is 0 Å². The number of ether oxygens (including phenoxy) is 1. The number of aliphatic hydroxyl groups is 1. The Morgan fingerprint density at radius 2 is 1.80 bits per heavy atom. The van der Waals surface area contributed by atoms with Crippen LogP contribution in [-0.4, -0.2) is 56.0 Å². The number of hydrogen-bond acceptors (Lipinski definition) is 3. The Labute approximate surface area is 185 Å². The van der Waals surface area contributed by atoms with Gasteiger partial charge in [-0.2, -0.15) is 0 Å². The molecule has 3 rings (SSSR count). The molecule has 4 heteroatoms. The molecule has 0 aromatic rings. The first-order valence-corrected chi connectivity index (χ1v) is 12.5. The number of fused-ring (bicyclic) bond motifs is 3. The molecule has 3 saturated carbocycles. The standard InChI is InChI=1S/C26H48NO3/c1-18(2)19-9-11-22-20(15-19)10-12-23-25(22,3)13-8-14-26(23,4)24(29)30-17-21(28)16-27(5,6)7/h18-23,28H,8-17H2,1-7H3/q+1/t19?,20?,21?,22-,23+,25+,26+/m0/s1. The van der Waals surface area contributed by atoms with Crippen molar-refractivity contribution >= 4 is 5.97 Å². The monoisotopic (exact) mass is 422 g/mol. The van der Waals surface area contributed by atoms with Crippen molar-refractivity contribution in [2.24, 2.45) is 40.4 Å². The lowest BCUT2D eigenvalue weighted by molar-refractivity contribution is -0.873. The molecule has 0 heterocycles. The molecule has 3 unspecified atom stereocenters. The lowest BCUT2D eigenvalue weighted by Crippen LogP contribution is -2.56. The number of hydrogen-bond donors (Lipinski definition) is 1. The van der Waals surface area contributed by atoms with E-state index < -0.39 is 11.5 Å². The van der Waals surface area contributed by atoms with Gasteiger partial charge in [-0.25, -0.2) is 0 Å². The molecule has 0 amide bonds. The van der Waals surface area contributed by atoms with Crippen molar-refractivity contribution in [1.29, 1.82) is 0 Å². The van der Waals surface area contributed by atoms with Crippen LogP contribution in [-0.2, 0) is 9.53 Å². The Kier molecular flexibility index (Phi) is 7.00. The zero-order valence-electron chi connectivity index (χ0n) is 20.7. The van der Waals surface area contributed by atoms with E-state index in [-0.39, 0.29) is 18.0 Å². The third-order valence-electron chi connectivity index (χ3n) is 9.25. The van der Waals surface area contributed by atoms with Gasteiger partial charge in [-0.05, 0) is 86.9 Å². The van der Waals surface area contributed by atoms with Gasteiger partial charge in [-0.1, -0.05) is 27.2 Å². The molecule has 0 aromatic heterocycles. The molecule has 0 saturated heterocycles. The fourth-order valence-electron chi connectivity index (χ4n) is 7.74. The summed E-state index contributed by atoms with van der Waals surface area (Å²) < 4.78 is 6.44. The molecule has 3 fully saturated rings. The number of aliphatic hydroxyl groups excluding tert-OH is 1. The SMILES string of the molecule is CC(C)C1CC[C@H]2C(CC[C@@H]3[C@]2(C)CCC[C@@]3(C)C(=O)OCC(O)C[N+](C)(C)C)C1. The number of carbonyl (C=O) groups excluding carboxylic acids is 1.